The van der Waals surface area contributed by atoms with Crippen LogP contribution in [0, 0.1) is 6.92 Å². The molecule has 1 aromatic carbocycles. The van der Waals surface area contributed by atoms with Crippen LogP contribution in [0.4, 0.5) is 5.69 Å². The second-order valence-electron chi connectivity index (χ2n) is 4.90. The van der Waals surface area contributed by atoms with E-state index in [9.17, 15) is 4.79 Å². The molecule has 0 aliphatic heterocycles. The van der Waals surface area contributed by atoms with Crippen molar-refractivity contribution >= 4 is 11.5 Å². The van der Waals surface area contributed by atoms with Crippen LogP contribution in [-0.4, -0.2) is 30.8 Å². The summed E-state index contributed by atoms with van der Waals surface area (Å²) in [7, 11) is 2.06. The summed E-state index contributed by atoms with van der Waals surface area (Å²) in [5.74, 6) is 0.171. The largest absolute Gasteiger partial charge is 0.398 e. The molecule has 0 aromatic heterocycles. The third kappa shape index (κ3) is 4.49. The highest BCUT2D eigenvalue weighted by Crippen LogP contribution is 2.14. The molecule has 3 nitrogen and oxygen atoms in total. The monoisotopic (exact) mass is 248 g/mol. The number of unbranched alkanes of at least 4 members (excludes halogenated alkanes) is 1. The van der Waals surface area contributed by atoms with E-state index in [-0.39, 0.29) is 5.78 Å². The molecule has 0 saturated carbocycles. The summed E-state index contributed by atoms with van der Waals surface area (Å²) >= 11 is 0. The molecule has 2 N–H and O–H groups in total. The second-order valence-corrected chi connectivity index (χ2v) is 4.90. The van der Waals surface area contributed by atoms with Crippen LogP contribution >= 0.6 is 0 Å². The van der Waals surface area contributed by atoms with E-state index >= 15 is 0 Å². The highest BCUT2D eigenvalue weighted by molar-refractivity contribution is 5.97. The van der Waals surface area contributed by atoms with Gasteiger partial charge >= 0.3 is 0 Å². The van der Waals surface area contributed by atoms with Crippen LogP contribution in [0.5, 0.6) is 0 Å². The van der Waals surface area contributed by atoms with E-state index in [1.54, 1.807) is 6.07 Å². The molecule has 0 aliphatic carbocycles. The lowest BCUT2D eigenvalue weighted by atomic mass is 10.0. The van der Waals surface area contributed by atoms with Crippen molar-refractivity contribution in [2.45, 2.75) is 33.1 Å². The number of Topliss-reactive ketones (excluding diaryl/α,β-unsaturated/α-hetero) is 1. The first-order valence-electron chi connectivity index (χ1n) is 6.62. The van der Waals surface area contributed by atoms with Gasteiger partial charge in [-0.05, 0) is 38.6 Å². The highest BCUT2D eigenvalue weighted by atomic mass is 16.1. The quantitative estimate of drug-likeness (QED) is 0.596. The first-order chi connectivity index (χ1) is 8.54. The molecule has 0 unspecified atom stereocenters. The zero-order valence-corrected chi connectivity index (χ0v) is 11.7. The Balaban J connectivity index is 2.47. The van der Waals surface area contributed by atoms with E-state index in [2.05, 4.69) is 18.9 Å². The fourth-order valence-corrected chi connectivity index (χ4v) is 1.79. The van der Waals surface area contributed by atoms with Crippen molar-refractivity contribution in [1.29, 1.82) is 0 Å². The molecule has 0 heterocycles. The number of anilines is 1. The first kappa shape index (κ1) is 14.7. The maximum atomic E-state index is 12.0. The minimum absolute atomic E-state index is 0.171. The number of hydrogen-bond acceptors (Lipinski definition) is 3. The number of nitrogen functional groups attached to an aromatic ring is 1. The van der Waals surface area contributed by atoms with Crippen LogP contribution < -0.4 is 5.73 Å². The van der Waals surface area contributed by atoms with Crippen LogP contribution in [0.2, 0.25) is 0 Å². The zero-order chi connectivity index (χ0) is 13.5. The minimum Gasteiger partial charge on any atom is -0.398 e. The second kappa shape index (κ2) is 7.17. The van der Waals surface area contributed by atoms with Gasteiger partial charge in [-0.3, -0.25) is 4.79 Å². The van der Waals surface area contributed by atoms with E-state index in [4.69, 9.17) is 5.73 Å². The predicted molar refractivity (Wildman–Crippen MR) is 76.9 cm³/mol. The van der Waals surface area contributed by atoms with Crippen LogP contribution in [0.1, 0.15) is 42.1 Å². The van der Waals surface area contributed by atoms with Crippen molar-refractivity contribution in [3.05, 3.63) is 29.3 Å². The molecule has 100 valence electrons. The summed E-state index contributed by atoms with van der Waals surface area (Å²) in [4.78, 5) is 14.2. The number of ketones is 1. The van der Waals surface area contributed by atoms with E-state index < -0.39 is 0 Å². The molecule has 1 aromatic rings. The molecule has 0 atom stereocenters. The Bertz CT molecular complexity index is 401. The average Bonchev–Trinajstić information content (AvgIpc) is 2.36. The fourth-order valence-electron chi connectivity index (χ4n) is 1.79. The summed E-state index contributed by atoms with van der Waals surface area (Å²) < 4.78 is 0. The Labute approximate surface area is 110 Å². The van der Waals surface area contributed by atoms with Crippen molar-refractivity contribution in [2.24, 2.45) is 0 Å². The van der Waals surface area contributed by atoms with Gasteiger partial charge in [0.05, 0.1) is 0 Å². The first-order valence-corrected chi connectivity index (χ1v) is 6.62. The van der Waals surface area contributed by atoms with Gasteiger partial charge in [-0.1, -0.05) is 25.5 Å². The maximum Gasteiger partial charge on any atom is 0.164 e. The van der Waals surface area contributed by atoms with Gasteiger partial charge in [0.25, 0.3) is 0 Å². The third-order valence-corrected chi connectivity index (χ3v) is 3.22. The maximum absolute atomic E-state index is 12.0. The Hall–Kier alpha value is -1.35. The number of rotatable bonds is 7. The Kier molecular flexibility index (Phi) is 5.86. The van der Waals surface area contributed by atoms with Crippen molar-refractivity contribution in [3.8, 4) is 0 Å². The lowest BCUT2D eigenvalue weighted by Gasteiger charge is -2.15. The molecule has 0 saturated heterocycles. The third-order valence-electron chi connectivity index (χ3n) is 3.22. The fraction of sp³-hybridized carbons (Fsp3) is 0.533. The zero-order valence-electron chi connectivity index (χ0n) is 11.7. The standard InChI is InChI=1S/C15H24N2O/c1-4-5-9-17(3)10-8-15(18)13-7-6-12(2)14(16)11-13/h6-7,11H,4-5,8-10,16H2,1-3H3. The number of hydrogen-bond donors (Lipinski definition) is 1. The summed E-state index contributed by atoms with van der Waals surface area (Å²) in [5, 5.41) is 0. The molecule has 1 rings (SSSR count). The van der Waals surface area contributed by atoms with Gasteiger partial charge in [0, 0.05) is 24.2 Å². The van der Waals surface area contributed by atoms with Gasteiger partial charge in [-0.2, -0.15) is 0 Å². The number of benzene rings is 1. The van der Waals surface area contributed by atoms with Crippen molar-refractivity contribution in [2.75, 3.05) is 25.9 Å². The topological polar surface area (TPSA) is 46.3 Å². The Morgan fingerprint density at radius 1 is 1.33 bits per heavy atom. The molecule has 18 heavy (non-hydrogen) atoms. The Morgan fingerprint density at radius 3 is 2.67 bits per heavy atom. The smallest absolute Gasteiger partial charge is 0.164 e. The summed E-state index contributed by atoms with van der Waals surface area (Å²) in [5.41, 5.74) is 8.26. The average molecular weight is 248 g/mol. The molecular weight excluding hydrogens is 224 g/mol. The van der Waals surface area contributed by atoms with Crippen LogP contribution in [0.15, 0.2) is 18.2 Å². The normalized spacial score (nSPS) is 10.9. The number of nitrogens with two attached hydrogens (primary N) is 1. The van der Waals surface area contributed by atoms with Gasteiger partial charge in [0.15, 0.2) is 5.78 Å². The molecule has 0 radical (unpaired) electrons. The van der Waals surface area contributed by atoms with Crippen molar-refractivity contribution < 1.29 is 4.79 Å². The van der Waals surface area contributed by atoms with Gasteiger partial charge in [0.1, 0.15) is 0 Å². The van der Waals surface area contributed by atoms with Gasteiger partial charge in [-0.25, -0.2) is 0 Å². The van der Waals surface area contributed by atoms with Gasteiger partial charge in [-0.15, -0.1) is 0 Å². The summed E-state index contributed by atoms with van der Waals surface area (Å²) in [6, 6.07) is 5.55. The van der Waals surface area contributed by atoms with Crippen LogP contribution in [0.3, 0.4) is 0 Å². The minimum atomic E-state index is 0.171. The van der Waals surface area contributed by atoms with E-state index in [1.807, 2.05) is 19.1 Å². The molecule has 0 spiro atoms. The van der Waals surface area contributed by atoms with Crippen LogP contribution in [-0.2, 0) is 0 Å². The van der Waals surface area contributed by atoms with Crippen molar-refractivity contribution in [1.82, 2.24) is 4.90 Å². The summed E-state index contributed by atoms with van der Waals surface area (Å²) in [6.45, 7) is 5.99. The molecule has 0 fully saturated rings. The number of aryl methyl sites for hydroxylation is 1. The predicted octanol–water partition coefficient (Wildman–Crippen LogP) is 2.88. The van der Waals surface area contributed by atoms with Gasteiger partial charge in [0.2, 0.25) is 0 Å². The van der Waals surface area contributed by atoms with Crippen LogP contribution in [0.25, 0.3) is 0 Å². The van der Waals surface area contributed by atoms with Crippen molar-refractivity contribution in [3.63, 3.8) is 0 Å². The highest BCUT2D eigenvalue weighted by Gasteiger charge is 2.08. The molecule has 0 bridgehead atoms. The Morgan fingerprint density at radius 2 is 2.06 bits per heavy atom. The molecule has 0 amide bonds. The lowest BCUT2D eigenvalue weighted by Crippen LogP contribution is -2.23. The molecule has 3 heteroatoms. The van der Waals surface area contributed by atoms with E-state index in [1.165, 1.54) is 12.8 Å². The van der Waals surface area contributed by atoms with Gasteiger partial charge < -0.3 is 10.6 Å². The lowest BCUT2D eigenvalue weighted by molar-refractivity contribution is 0.0969. The van der Waals surface area contributed by atoms with E-state index in [0.717, 1.165) is 24.2 Å². The SMILES string of the molecule is CCCCN(C)CCC(=O)c1ccc(C)c(N)c1. The number of carbonyl (C=O) groups is 1. The molecule has 0 aliphatic rings. The number of nitrogens with zero attached hydrogens (tertiary/aromatic N) is 1. The van der Waals surface area contributed by atoms with E-state index in [0.29, 0.717) is 12.1 Å². The molecular formula is C15H24N2O. The summed E-state index contributed by atoms with van der Waals surface area (Å²) in [6.07, 6.45) is 2.93. The number of carbonyl (C=O) groups excluding carboxylic acids is 1.